The van der Waals surface area contributed by atoms with E-state index in [-0.39, 0.29) is 23.4 Å². The van der Waals surface area contributed by atoms with E-state index in [0.29, 0.717) is 0 Å². The lowest BCUT2D eigenvalue weighted by Crippen LogP contribution is -2.77. The minimum atomic E-state index is -3.09. The molecule has 208 valence electrons. The van der Waals surface area contributed by atoms with Gasteiger partial charge in [0.25, 0.3) is 0 Å². The molecule has 4 rings (SSSR count). The summed E-state index contributed by atoms with van der Waals surface area (Å²) in [5, 5.41) is 36.4. The van der Waals surface area contributed by atoms with Crippen molar-refractivity contribution < 1.29 is 48.8 Å². The molecule has 1 aromatic carbocycles. The number of hydrogen-bond acceptors (Lipinski definition) is 11. The highest BCUT2D eigenvalue weighted by Gasteiger charge is 2.72. The van der Waals surface area contributed by atoms with E-state index in [9.17, 15) is 44.1 Å². The second-order valence-electron chi connectivity index (χ2n) is 10.3. The largest absolute Gasteiger partial charge is 0.505 e. The number of phenols is 1. The van der Waals surface area contributed by atoms with Crippen LogP contribution in [0.15, 0.2) is 24.8 Å². The molecule has 13 nitrogen and oxygen atoms in total. The average molecular weight is 544 g/mol. The zero-order chi connectivity index (χ0) is 29.1. The van der Waals surface area contributed by atoms with E-state index < -0.39 is 88.2 Å². The van der Waals surface area contributed by atoms with Gasteiger partial charge in [-0.25, -0.2) is 4.79 Å². The number of rotatable bonds is 5. The van der Waals surface area contributed by atoms with Crippen molar-refractivity contribution in [2.24, 2.45) is 29.4 Å². The number of amides is 2. The molecule has 0 heterocycles. The molecule has 2 saturated carbocycles. The Bertz CT molecular complexity index is 1320. The summed E-state index contributed by atoms with van der Waals surface area (Å²) in [6.45, 7) is 4.87. The van der Waals surface area contributed by atoms with Crippen LogP contribution in [0.3, 0.4) is 0 Å². The summed E-state index contributed by atoms with van der Waals surface area (Å²) in [7, 11) is 2.83. The third kappa shape index (κ3) is 3.87. The number of anilines is 1. The summed E-state index contributed by atoms with van der Waals surface area (Å²) in [5.74, 6) is -14.5. The van der Waals surface area contributed by atoms with E-state index in [1.54, 1.807) is 6.92 Å². The van der Waals surface area contributed by atoms with Crippen molar-refractivity contribution >= 4 is 40.8 Å². The summed E-state index contributed by atoms with van der Waals surface area (Å²) < 4.78 is 4.82. The van der Waals surface area contributed by atoms with Gasteiger partial charge in [0.2, 0.25) is 5.91 Å². The Morgan fingerprint density at radius 2 is 1.85 bits per heavy atom. The van der Waals surface area contributed by atoms with Gasteiger partial charge in [0.15, 0.2) is 34.7 Å². The van der Waals surface area contributed by atoms with Gasteiger partial charge in [0, 0.05) is 5.92 Å². The zero-order valence-electron chi connectivity index (χ0n) is 21.4. The molecular formula is C26H29N3O10. The molecule has 0 saturated heterocycles. The van der Waals surface area contributed by atoms with Crippen LogP contribution in [0.5, 0.6) is 5.75 Å². The standard InChI is InChI=1S/C26H29N3O10/c1-5-8-39-25(37)28-11-7-6-10-9(2)12-14(19(31)13(10)18(11)30)22(34)26(38)16(20(12)32)17(29(3)4)21(33)15(23(26)35)24(27)36/h5-7,9,12,14-17,20,30,32,38H,1,8H2,2-4H3,(H2,27,36)(H,28,37). The first kappa shape index (κ1) is 28.1. The topological polar surface area (TPSA) is 214 Å². The number of likely N-dealkylation sites (N-methyl/N-ethyl adjacent to an activating group) is 1. The number of carbonyl (C=O) groups excluding carboxylic acids is 6. The van der Waals surface area contributed by atoms with Crippen molar-refractivity contribution in [1.29, 1.82) is 0 Å². The van der Waals surface area contributed by atoms with Crippen LogP contribution in [-0.4, -0.2) is 93.8 Å². The second-order valence-corrected chi connectivity index (χ2v) is 10.3. The molecule has 3 aliphatic rings. The number of phenolic OH excluding ortho intramolecular Hbond substituents is 1. The van der Waals surface area contributed by atoms with E-state index in [1.807, 2.05) is 0 Å². The lowest BCUT2D eigenvalue weighted by Gasteiger charge is -2.56. The van der Waals surface area contributed by atoms with Crippen molar-refractivity contribution in [1.82, 2.24) is 4.90 Å². The van der Waals surface area contributed by atoms with Crippen molar-refractivity contribution in [2.45, 2.75) is 30.6 Å². The van der Waals surface area contributed by atoms with Crippen molar-refractivity contribution in [3.63, 3.8) is 0 Å². The van der Waals surface area contributed by atoms with Gasteiger partial charge >= 0.3 is 6.09 Å². The molecule has 3 aliphatic carbocycles. The number of fused-ring (bicyclic) bond motifs is 3. The highest BCUT2D eigenvalue weighted by atomic mass is 16.5. The quantitative estimate of drug-likeness (QED) is 0.175. The molecule has 0 aliphatic heterocycles. The number of Topliss-reactive ketones (excluding diaryl/α,β-unsaturated/α-hetero) is 4. The number of primary amides is 1. The van der Waals surface area contributed by atoms with Crippen LogP contribution >= 0.6 is 0 Å². The molecule has 6 N–H and O–H groups in total. The summed E-state index contributed by atoms with van der Waals surface area (Å²) in [6.07, 6.45) is -1.36. The Kier molecular flexibility index (Phi) is 6.96. The Balaban J connectivity index is 1.86. The second kappa shape index (κ2) is 9.67. The Morgan fingerprint density at radius 1 is 1.21 bits per heavy atom. The number of benzene rings is 1. The van der Waals surface area contributed by atoms with Crippen LogP contribution in [0.4, 0.5) is 10.5 Å². The fourth-order valence-electron chi connectivity index (χ4n) is 6.37. The molecule has 39 heavy (non-hydrogen) atoms. The molecule has 0 spiro atoms. The van der Waals surface area contributed by atoms with Gasteiger partial charge in [0.05, 0.1) is 35.2 Å². The van der Waals surface area contributed by atoms with Crippen LogP contribution in [0.25, 0.3) is 0 Å². The highest BCUT2D eigenvalue weighted by Crippen LogP contribution is 2.55. The Labute approximate surface area is 222 Å². The third-order valence-electron chi connectivity index (χ3n) is 8.06. The van der Waals surface area contributed by atoms with Gasteiger partial charge in [-0.3, -0.25) is 34.2 Å². The van der Waals surface area contributed by atoms with E-state index in [1.165, 1.54) is 37.2 Å². The fourth-order valence-corrected chi connectivity index (χ4v) is 6.37. The van der Waals surface area contributed by atoms with Crippen LogP contribution in [0.2, 0.25) is 0 Å². The minimum absolute atomic E-state index is 0.125. The molecular weight excluding hydrogens is 514 g/mol. The molecule has 2 amide bonds. The number of ether oxygens (including phenoxy) is 1. The van der Waals surface area contributed by atoms with Crippen molar-refractivity contribution in [2.75, 3.05) is 26.0 Å². The third-order valence-corrected chi connectivity index (χ3v) is 8.06. The first-order valence-electron chi connectivity index (χ1n) is 12.1. The molecule has 1 aromatic rings. The van der Waals surface area contributed by atoms with Crippen LogP contribution in [0.1, 0.15) is 28.8 Å². The van der Waals surface area contributed by atoms with Crippen molar-refractivity contribution in [3.05, 3.63) is 35.9 Å². The summed E-state index contributed by atoms with van der Waals surface area (Å²) >= 11 is 0. The van der Waals surface area contributed by atoms with E-state index in [0.717, 1.165) is 0 Å². The Morgan fingerprint density at radius 3 is 2.41 bits per heavy atom. The highest BCUT2D eigenvalue weighted by molar-refractivity contribution is 6.32. The van der Waals surface area contributed by atoms with Crippen LogP contribution in [-0.2, 0) is 23.9 Å². The minimum Gasteiger partial charge on any atom is -0.505 e. The van der Waals surface area contributed by atoms with E-state index in [4.69, 9.17) is 10.5 Å². The number of aliphatic hydroxyl groups is 2. The monoisotopic (exact) mass is 543 g/mol. The number of nitrogens with one attached hydrogen (secondary N) is 1. The van der Waals surface area contributed by atoms with Gasteiger partial charge < -0.3 is 25.8 Å². The molecule has 2 fully saturated rings. The van der Waals surface area contributed by atoms with Gasteiger partial charge in [-0.05, 0) is 31.6 Å². The molecule has 0 aromatic heterocycles. The first-order valence-corrected chi connectivity index (χ1v) is 12.1. The lowest BCUT2D eigenvalue weighted by molar-refractivity contribution is -0.196. The number of aliphatic hydroxyl groups excluding tert-OH is 1. The normalized spacial score (nSPS) is 33.6. The van der Waals surface area contributed by atoms with Gasteiger partial charge in [-0.2, -0.15) is 0 Å². The maximum Gasteiger partial charge on any atom is 0.412 e. The summed E-state index contributed by atoms with van der Waals surface area (Å²) in [5.41, 5.74) is 1.89. The molecule has 0 bridgehead atoms. The number of hydrogen-bond donors (Lipinski definition) is 5. The lowest BCUT2D eigenvalue weighted by atomic mass is 9.49. The van der Waals surface area contributed by atoms with Gasteiger partial charge in [-0.1, -0.05) is 25.6 Å². The molecule has 13 heteroatoms. The van der Waals surface area contributed by atoms with Gasteiger partial charge in [-0.15, -0.1) is 0 Å². The number of ketones is 4. The number of aromatic hydroxyl groups is 1. The first-order chi connectivity index (χ1) is 18.2. The smallest absolute Gasteiger partial charge is 0.412 e. The van der Waals surface area contributed by atoms with E-state index >= 15 is 0 Å². The zero-order valence-corrected chi connectivity index (χ0v) is 21.4. The fraction of sp³-hybridized carbons (Fsp3) is 0.462. The molecule has 8 atom stereocenters. The number of carbonyl (C=O) groups is 6. The Hall–Kier alpha value is -3.94. The SMILES string of the molecule is C=CCOC(=O)Nc1ccc2c(c1O)C(=O)C1C(=O)C3(O)C(=O)C(C(N)=O)C(=O)C(N(C)C)C3C(O)C1C2C. The molecule has 8 unspecified atom stereocenters. The van der Waals surface area contributed by atoms with Crippen LogP contribution < -0.4 is 11.1 Å². The van der Waals surface area contributed by atoms with Crippen LogP contribution in [0, 0.1) is 23.7 Å². The summed E-state index contributed by atoms with van der Waals surface area (Å²) in [6, 6.07) is 1.29. The maximum absolute atomic E-state index is 13.9. The number of nitrogens with two attached hydrogens (primary N) is 1. The van der Waals surface area contributed by atoms with Gasteiger partial charge in [0.1, 0.15) is 12.4 Å². The average Bonchev–Trinajstić information content (AvgIpc) is 2.85. The predicted octanol–water partition coefficient (Wildman–Crippen LogP) is -0.867. The summed E-state index contributed by atoms with van der Waals surface area (Å²) in [4.78, 5) is 79.5. The van der Waals surface area contributed by atoms with Crippen molar-refractivity contribution in [3.8, 4) is 5.75 Å². The number of nitrogens with zero attached hydrogens (tertiary/aromatic N) is 1. The molecule has 0 radical (unpaired) electrons. The predicted molar refractivity (Wildman–Crippen MR) is 133 cm³/mol. The maximum atomic E-state index is 13.9. The van der Waals surface area contributed by atoms with E-state index in [2.05, 4.69) is 11.9 Å².